The van der Waals surface area contributed by atoms with Crippen LogP contribution in [0.1, 0.15) is 44.2 Å². The summed E-state index contributed by atoms with van der Waals surface area (Å²) >= 11 is 0. The maximum absolute atomic E-state index is 12.3. The van der Waals surface area contributed by atoms with Crippen LogP contribution in [-0.2, 0) is 4.79 Å². The lowest BCUT2D eigenvalue weighted by Crippen LogP contribution is -2.43. The largest absolute Gasteiger partial charge is 0.357 e. The van der Waals surface area contributed by atoms with Gasteiger partial charge in [-0.3, -0.25) is 9.69 Å². The van der Waals surface area contributed by atoms with Crippen LogP contribution in [0.25, 0.3) is 0 Å². The van der Waals surface area contributed by atoms with Gasteiger partial charge in [0.25, 0.3) is 0 Å². The molecule has 0 spiro atoms. The zero-order valence-electron chi connectivity index (χ0n) is 16.5. The number of likely N-dealkylation sites (tertiary alicyclic amines) is 2. The lowest BCUT2D eigenvalue weighted by atomic mass is 10.1. The van der Waals surface area contributed by atoms with Gasteiger partial charge < -0.3 is 15.5 Å². The Bertz CT molecular complexity index is 606. The van der Waals surface area contributed by atoms with Crippen molar-refractivity contribution in [3.8, 4) is 0 Å². The molecule has 2 aliphatic rings. The van der Waals surface area contributed by atoms with Gasteiger partial charge in [-0.05, 0) is 51.3 Å². The molecule has 27 heavy (non-hydrogen) atoms. The number of rotatable bonds is 7. The van der Waals surface area contributed by atoms with Gasteiger partial charge in [-0.15, -0.1) is 0 Å². The molecule has 1 aromatic rings. The van der Waals surface area contributed by atoms with E-state index in [4.69, 9.17) is 0 Å². The number of hydrogen-bond acceptors (Lipinski definition) is 3. The van der Waals surface area contributed by atoms with E-state index in [1.807, 2.05) is 4.90 Å². The Kier molecular flexibility index (Phi) is 7.51. The Hall–Kier alpha value is -2.08. The molecule has 2 saturated heterocycles. The van der Waals surface area contributed by atoms with Crippen LogP contribution in [0, 0.1) is 0 Å². The normalized spacial score (nSPS) is 19.3. The van der Waals surface area contributed by atoms with Crippen molar-refractivity contribution in [3.63, 3.8) is 0 Å². The van der Waals surface area contributed by atoms with E-state index in [0.29, 0.717) is 6.04 Å². The lowest BCUT2D eigenvalue weighted by Gasteiger charge is -2.29. The highest BCUT2D eigenvalue weighted by Crippen LogP contribution is 2.24. The number of aliphatic imine (C=N–C) groups is 1. The standard InChI is InChI=1S/C21H33N5O/c1-2-22-21(24-17-20(27)26-14-8-9-15-26)23-16-19(25-12-6-7-13-25)18-10-4-3-5-11-18/h3-5,10-11,19H,2,6-9,12-17H2,1H3,(H2,22,23,24). The maximum atomic E-state index is 12.3. The molecule has 0 saturated carbocycles. The van der Waals surface area contributed by atoms with Crippen molar-refractivity contribution in [2.24, 2.45) is 4.99 Å². The van der Waals surface area contributed by atoms with Crippen molar-refractivity contribution >= 4 is 11.9 Å². The molecule has 0 radical (unpaired) electrons. The van der Waals surface area contributed by atoms with Gasteiger partial charge >= 0.3 is 0 Å². The summed E-state index contributed by atoms with van der Waals surface area (Å²) in [5.74, 6) is 0.856. The van der Waals surface area contributed by atoms with E-state index in [0.717, 1.165) is 58.1 Å². The summed E-state index contributed by atoms with van der Waals surface area (Å²) in [6.07, 6.45) is 4.76. The van der Waals surface area contributed by atoms with Crippen molar-refractivity contribution in [3.05, 3.63) is 35.9 Å². The van der Waals surface area contributed by atoms with Crippen molar-refractivity contribution in [1.29, 1.82) is 0 Å². The van der Waals surface area contributed by atoms with E-state index in [9.17, 15) is 4.79 Å². The van der Waals surface area contributed by atoms with Crippen molar-refractivity contribution in [2.75, 3.05) is 45.8 Å². The third-order valence-corrected chi connectivity index (χ3v) is 5.40. The van der Waals surface area contributed by atoms with Crippen molar-refractivity contribution in [1.82, 2.24) is 20.4 Å². The summed E-state index contributed by atoms with van der Waals surface area (Å²) in [4.78, 5) is 21.3. The van der Waals surface area contributed by atoms with Crippen molar-refractivity contribution in [2.45, 2.75) is 38.6 Å². The zero-order chi connectivity index (χ0) is 18.9. The molecular formula is C21H33N5O. The molecule has 2 aliphatic heterocycles. The van der Waals surface area contributed by atoms with Gasteiger partial charge in [0.05, 0.1) is 6.04 Å². The monoisotopic (exact) mass is 371 g/mol. The van der Waals surface area contributed by atoms with E-state index in [1.165, 1.54) is 18.4 Å². The number of carbonyl (C=O) groups excluding carboxylic acids is 1. The minimum absolute atomic E-state index is 0.129. The molecular weight excluding hydrogens is 338 g/mol. The fourth-order valence-corrected chi connectivity index (χ4v) is 3.93. The first-order chi connectivity index (χ1) is 13.3. The second-order valence-electron chi connectivity index (χ2n) is 7.33. The van der Waals surface area contributed by atoms with Crippen LogP contribution in [0.5, 0.6) is 0 Å². The molecule has 2 fully saturated rings. The van der Waals surface area contributed by atoms with Crippen LogP contribution in [0.2, 0.25) is 0 Å². The summed E-state index contributed by atoms with van der Waals surface area (Å²) in [6.45, 7) is 7.87. The summed E-state index contributed by atoms with van der Waals surface area (Å²) in [6, 6.07) is 11.0. The van der Waals surface area contributed by atoms with Gasteiger partial charge in [0, 0.05) is 26.2 Å². The second kappa shape index (κ2) is 10.3. The molecule has 1 atom stereocenters. The number of amides is 1. The van der Waals surface area contributed by atoms with Crippen molar-refractivity contribution < 1.29 is 4.79 Å². The summed E-state index contributed by atoms with van der Waals surface area (Å²) in [5, 5.41) is 6.74. The van der Waals surface area contributed by atoms with Gasteiger partial charge in [-0.25, -0.2) is 4.99 Å². The van der Waals surface area contributed by atoms with E-state index < -0.39 is 0 Å². The molecule has 0 aliphatic carbocycles. The Labute approximate surface area is 163 Å². The third kappa shape index (κ3) is 5.70. The highest BCUT2D eigenvalue weighted by molar-refractivity contribution is 5.85. The number of nitrogens with one attached hydrogen (secondary N) is 2. The molecule has 2 N–H and O–H groups in total. The molecule has 2 heterocycles. The number of guanidine groups is 1. The molecule has 1 unspecified atom stereocenters. The fraction of sp³-hybridized carbons (Fsp3) is 0.619. The first-order valence-corrected chi connectivity index (χ1v) is 10.4. The molecule has 0 bridgehead atoms. The average Bonchev–Trinajstić information content (AvgIpc) is 3.41. The SMILES string of the molecule is CCNC(=NCC(=O)N1CCCC1)NCC(c1ccccc1)N1CCCC1. The predicted molar refractivity (Wildman–Crippen MR) is 110 cm³/mol. The minimum atomic E-state index is 0.129. The predicted octanol–water partition coefficient (Wildman–Crippen LogP) is 2.00. The summed E-state index contributed by atoms with van der Waals surface area (Å²) in [7, 11) is 0. The van der Waals surface area contributed by atoms with Gasteiger partial charge in [-0.2, -0.15) is 0 Å². The molecule has 3 rings (SSSR count). The number of hydrogen-bond donors (Lipinski definition) is 2. The third-order valence-electron chi connectivity index (χ3n) is 5.40. The minimum Gasteiger partial charge on any atom is -0.357 e. The molecule has 6 heteroatoms. The van der Waals surface area contributed by atoms with E-state index in [2.05, 4.69) is 57.8 Å². The van der Waals surface area contributed by atoms with Gasteiger partial charge in [0.15, 0.2) is 5.96 Å². The van der Waals surface area contributed by atoms with E-state index >= 15 is 0 Å². The van der Waals surface area contributed by atoms with Crippen LogP contribution in [0.4, 0.5) is 0 Å². The van der Waals surface area contributed by atoms with Gasteiger partial charge in [-0.1, -0.05) is 30.3 Å². The smallest absolute Gasteiger partial charge is 0.244 e. The van der Waals surface area contributed by atoms with Gasteiger partial charge in [0.1, 0.15) is 6.54 Å². The first kappa shape index (κ1) is 19.7. The average molecular weight is 372 g/mol. The highest BCUT2D eigenvalue weighted by atomic mass is 16.2. The van der Waals surface area contributed by atoms with Crippen LogP contribution in [0.15, 0.2) is 35.3 Å². The molecule has 6 nitrogen and oxygen atoms in total. The topological polar surface area (TPSA) is 60.0 Å². The Morgan fingerprint density at radius 1 is 1.04 bits per heavy atom. The molecule has 1 amide bonds. The summed E-state index contributed by atoms with van der Waals surface area (Å²) < 4.78 is 0. The Morgan fingerprint density at radius 3 is 2.37 bits per heavy atom. The maximum Gasteiger partial charge on any atom is 0.244 e. The molecule has 0 aromatic heterocycles. The zero-order valence-corrected chi connectivity index (χ0v) is 16.5. The number of benzene rings is 1. The molecule has 1 aromatic carbocycles. The number of nitrogens with zero attached hydrogens (tertiary/aromatic N) is 3. The lowest BCUT2D eigenvalue weighted by molar-refractivity contribution is -0.128. The van der Waals surface area contributed by atoms with Gasteiger partial charge in [0.2, 0.25) is 5.91 Å². The fourth-order valence-electron chi connectivity index (χ4n) is 3.93. The second-order valence-corrected chi connectivity index (χ2v) is 7.33. The van der Waals surface area contributed by atoms with Crippen LogP contribution in [0.3, 0.4) is 0 Å². The van der Waals surface area contributed by atoms with Crippen LogP contribution < -0.4 is 10.6 Å². The van der Waals surface area contributed by atoms with Crippen LogP contribution in [-0.4, -0.2) is 67.5 Å². The molecule has 148 valence electrons. The van der Waals surface area contributed by atoms with E-state index in [-0.39, 0.29) is 12.5 Å². The highest BCUT2D eigenvalue weighted by Gasteiger charge is 2.23. The van der Waals surface area contributed by atoms with E-state index in [1.54, 1.807) is 0 Å². The Balaban J connectivity index is 1.61. The summed E-state index contributed by atoms with van der Waals surface area (Å²) in [5.41, 5.74) is 1.33. The first-order valence-electron chi connectivity index (χ1n) is 10.4. The quantitative estimate of drug-likeness (QED) is 0.569. The number of carbonyl (C=O) groups is 1. The Morgan fingerprint density at radius 2 is 1.70 bits per heavy atom. The van der Waals surface area contributed by atoms with Crippen LogP contribution >= 0.6 is 0 Å².